The van der Waals surface area contributed by atoms with E-state index in [0.717, 1.165) is 17.7 Å². The van der Waals surface area contributed by atoms with Crippen molar-refractivity contribution in [3.05, 3.63) is 26.7 Å². The number of Topliss-reactive ketones (excluding diaryl/α,β-unsaturated/α-hetero) is 1. The van der Waals surface area contributed by atoms with Crippen LogP contribution in [0.25, 0.3) is 11.2 Å². The lowest BCUT2D eigenvalue weighted by molar-refractivity contribution is -0.926. The third-order valence-electron chi connectivity index (χ3n) is 5.29. The summed E-state index contributed by atoms with van der Waals surface area (Å²) in [5.74, 6) is 1.93. The van der Waals surface area contributed by atoms with Crippen LogP contribution in [-0.4, -0.2) is 37.6 Å². The number of piperidine rings is 1. The highest BCUT2D eigenvalue weighted by molar-refractivity contribution is 5.79. The molecule has 1 saturated heterocycles. The largest absolute Gasteiger partial charge is 0.332 e. The van der Waals surface area contributed by atoms with Crippen molar-refractivity contribution in [1.82, 2.24) is 18.7 Å². The maximum absolute atomic E-state index is 12.7. The van der Waals surface area contributed by atoms with Crippen molar-refractivity contribution in [2.75, 3.05) is 13.1 Å². The lowest BCUT2D eigenvalue weighted by atomic mass is 9.92. The van der Waals surface area contributed by atoms with Gasteiger partial charge in [-0.1, -0.05) is 13.8 Å². The minimum Gasteiger partial charge on any atom is -0.328 e. The van der Waals surface area contributed by atoms with Gasteiger partial charge in [-0.25, -0.2) is 9.78 Å². The predicted octanol–water partition coefficient (Wildman–Crippen LogP) is -0.916. The first-order valence-electron chi connectivity index (χ1n) is 9.17. The first-order valence-corrected chi connectivity index (χ1v) is 9.17. The summed E-state index contributed by atoms with van der Waals surface area (Å²) in [5.41, 5.74) is -0.128. The number of imidazole rings is 1. The Morgan fingerprint density at radius 3 is 2.35 bits per heavy atom. The number of nitrogens with zero attached hydrogens (tertiary/aromatic N) is 4. The number of rotatable bonds is 4. The second kappa shape index (κ2) is 6.83. The molecule has 142 valence electrons. The summed E-state index contributed by atoms with van der Waals surface area (Å²) in [6, 6.07) is 0. The molecule has 2 aromatic rings. The van der Waals surface area contributed by atoms with Crippen LogP contribution in [0.3, 0.4) is 0 Å². The van der Waals surface area contributed by atoms with Crippen molar-refractivity contribution in [2.45, 2.75) is 40.3 Å². The number of hydrogen-bond donors (Lipinski definition) is 1. The molecule has 1 N–H and O–H groups in total. The molecular formula is C18H28N5O3+. The molecule has 2 aromatic heterocycles. The molecule has 0 saturated carbocycles. The Bertz CT molecular complexity index is 958. The SMILES string of the molecule is CC(=O)Cn1c(C[NH+]2C[C@H](C)C[C@@H](C)C2)nc2c1c(=O)n(C)c(=O)n2C. The molecule has 0 bridgehead atoms. The van der Waals surface area contributed by atoms with Gasteiger partial charge in [0.25, 0.3) is 5.56 Å². The van der Waals surface area contributed by atoms with Crippen LogP contribution in [0.4, 0.5) is 0 Å². The molecule has 8 nitrogen and oxygen atoms in total. The van der Waals surface area contributed by atoms with E-state index < -0.39 is 11.2 Å². The Kier molecular flexibility index (Phi) is 4.88. The fraction of sp³-hybridized carbons (Fsp3) is 0.667. The van der Waals surface area contributed by atoms with E-state index in [1.165, 1.54) is 29.9 Å². The standard InChI is InChI=1S/C18H27N5O3/c1-11-6-12(2)8-22(7-11)10-14-19-16-15(23(14)9-13(3)24)17(25)21(5)18(26)20(16)4/h11-12H,6-10H2,1-5H3/p+1/t11-,12-/m1/s1. The summed E-state index contributed by atoms with van der Waals surface area (Å²) in [4.78, 5) is 42.7. The van der Waals surface area contributed by atoms with Gasteiger partial charge in [0.2, 0.25) is 0 Å². The molecule has 3 rings (SSSR count). The van der Waals surface area contributed by atoms with E-state index in [2.05, 4.69) is 18.8 Å². The lowest BCUT2D eigenvalue weighted by Gasteiger charge is -2.31. The third kappa shape index (κ3) is 3.25. The molecule has 0 aliphatic carbocycles. The van der Waals surface area contributed by atoms with Crippen molar-refractivity contribution in [3.63, 3.8) is 0 Å². The second-order valence-corrected chi connectivity index (χ2v) is 7.98. The topological polar surface area (TPSA) is 83.3 Å². The summed E-state index contributed by atoms with van der Waals surface area (Å²) >= 11 is 0. The molecule has 0 radical (unpaired) electrons. The molecule has 26 heavy (non-hydrogen) atoms. The Morgan fingerprint density at radius 2 is 1.77 bits per heavy atom. The van der Waals surface area contributed by atoms with Gasteiger partial charge >= 0.3 is 5.69 Å². The molecule has 0 amide bonds. The zero-order chi connectivity index (χ0) is 19.2. The van der Waals surface area contributed by atoms with E-state index in [9.17, 15) is 14.4 Å². The van der Waals surface area contributed by atoms with Crippen molar-refractivity contribution in [1.29, 1.82) is 0 Å². The summed E-state index contributed by atoms with van der Waals surface area (Å²) in [6.07, 6.45) is 1.22. The van der Waals surface area contributed by atoms with Crippen molar-refractivity contribution in [3.8, 4) is 0 Å². The number of carbonyl (C=O) groups excluding carboxylic acids is 1. The van der Waals surface area contributed by atoms with E-state index in [1.54, 1.807) is 11.6 Å². The van der Waals surface area contributed by atoms with Crippen LogP contribution in [0.2, 0.25) is 0 Å². The minimum atomic E-state index is -0.408. The number of hydrogen-bond acceptors (Lipinski definition) is 4. The van der Waals surface area contributed by atoms with Gasteiger partial charge in [0.15, 0.2) is 17.0 Å². The van der Waals surface area contributed by atoms with Crippen LogP contribution in [-0.2, 0) is 32.0 Å². The monoisotopic (exact) mass is 362 g/mol. The molecule has 1 aliphatic heterocycles. The number of likely N-dealkylation sites (tertiary alicyclic amines) is 1. The number of ketones is 1. The van der Waals surface area contributed by atoms with Gasteiger partial charge in [-0.3, -0.25) is 18.7 Å². The minimum absolute atomic E-state index is 0.0446. The highest BCUT2D eigenvalue weighted by Gasteiger charge is 2.28. The highest BCUT2D eigenvalue weighted by Crippen LogP contribution is 2.14. The van der Waals surface area contributed by atoms with E-state index >= 15 is 0 Å². The van der Waals surface area contributed by atoms with Crippen LogP contribution < -0.4 is 16.1 Å². The van der Waals surface area contributed by atoms with E-state index in [4.69, 9.17) is 0 Å². The predicted molar refractivity (Wildman–Crippen MR) is 98.2 cm³/mol. The average Bonchev–Trinajstić information content (AvgIpc) is 2.88. The summed E-state index contributed by atoms with van der Waals surface area (Å²) in [5, 5.41) is 0. The normalized spacial score (nSPS) is 23.5. The lowest BCUT2D eigenvalue weighted by Crippen LogP contribution is -3.13. The van der Waals surface area contributed by atoms with Crippen molar-refractivity contribution >= 4 is 16.9 Å². The fourth-order valence-electron chi connectivity index (χ4n) is 4.31. The number of aryl methyl sites for hydroxylation is 1. The third-order valence-corrected chi connectivity index (χ3v) is 5.29. The molecule has 1 fully saturated rings. The van der Waals surface area contributed by atoms with Crippen LogP contribution in [0.1, 0.15) is 33.0 Å². The first kappa shape index (κ1) is 18.6. The second-order valence-electron chi connectivity index (χ2n) is 7.98. The maximum atomic E-state index is 12.7. The van der Waals surface area contributed by atoms with Gasteiger partial charge in [-0.2, -0.15) is 0 Å². The zero-order valence-electron chi connectivity index (χ0n) is 16.2. The smallest absolute Gasteiger partial charge is 0.328 e. The van der Waals surface area contributed by atoms with Gasteiger partial charge in [-0.15, -0.1) is 0 Å². The number of nitrogens with one attached hydrogen (secondary N) is 1. The van der Waals surface area contributed by atoms with Crippen molar-refractivity contribution in [2.24, 2.45) is 25.9 Å². The van der Waals surface area contributed by atoms with Gasteiger partial charge in [0, 0.05) is 25.9 Å². The quantitative estimate of drug-likeness (QED) is 0.763. The van der Waals surface area contributed by atoms with Gasteiger partial charge in [0.1, 0.15) is 12.3 Å². The van der Waals surface area contributed by atoms with Gasteiger partial charge in [0.05, 0.1) is 19.6 Å². The molecule has 0 aromatic carbocycles. The Morgan fingerprint density at radius 1 is 1.15 bits per heavy atom. The Hall–Kier alpha value is -2.22. The average molecular weight is 362 g/mol. The number of aromatic nitrogens is 4. The number of fused-ring (bicyclic) bond motifs is 1. The van der Waals surface area contributed by atoms with Crippen LogP contribution in [0, 0.1) is 11.8 Å². The van der Waals surface area contributed by atoms with Crippen molar-refractivity contribution < 1.29 is 9.69 Å². The Balaban J connectivity index is 2.14. The summed E-state index contributed by atoms with van der Waals surface area (Å²) in [7, 11) is 3.06. The molecule has 1 aliphatic rings. The molecule has 0 unspecified atom stereocenters. The van der Waals surface area contributed by atoms with E-state index in [0.29, 0.717) is 35.4 Å². The molecule has 0 spiro atoms. The van der Waals surface area contributed by atoms with Gasteiger partial charge in [-0.05, 0) is 13.3 Å². The molecular weight excluding hydrogens is 334 g/mol. The molecule has 2 atom stereocenters. The fourth-order valence-corrected chi connectivity index (χ4v) is 4.31. The number of carbonyl (C=O) groups is 1. The maximum Gasteiger partial charge on any atom is 0.332 e. The zero-order valence-corrected chi connectivity index (χ0v) is 16.2. The first-order chi connectivity index (χ1) is 12.2. The van der Waals surface area contributed by atoms with Crippen LogP contribution >= 0.6 is 0 Å². The Labute approximate surface area is 152 Å². The van der Waals surface area contributed by atoms with Crippen LogP contribution in [0.15, 0.2) is 9.59 Å². The van der Waals surface area contributed by atoms with Crippen LogP contribution in [0.5, 0.6) is 0 Å². The van der Waals surface area contributed by atoms with Gasteiger partial charge < -0.3 is 9.47 Å². The highest BCUT2D eigenvalue weighted by atomic mass is 16.2. The molecule has 8 heteroatoms. The summed E-state index contributed by atoms with van der Waals surface area (Å²) < 4.78 is 4.16. The van der Waals surface area contributed by atoms with E-state index in [1.807, 2.05) is 0 Å². The number of quaternary nitrogens is 1. The molecule has 3 heterocycles. The van der Waals surface area contributed by atoms with E-state index in [-0.39, 0.29) is 12.3 Å². The summed E-state index contributed by atoms with van der Waals surface area (Å²) in [6.45, 7) is 8.85.